The number of carbonyl (C=O) groups excluding carboxylic acids is 1. The van der Waals surface area contributed by atoms with E-state index >= 15 is 0 Å². The van der Waals surface area contributed by atoms with E-state index in [0.717, 1.165) is 0 Å². The zero-order chi connectivity index (χ0) is 21.3. The van der Waals surface area contributed by atoms with Gasteiger partial charge >= 0.3 is 6.18 Å². The number of rotatable bonds is 5. The molecule has 0 aliphatic rings. The van der Waals surface area contributed by atoms with Gasteiger partial charge in [0, 0.05) is 5.56 Å². The molecule has 0 saturated carbocycles. The van der Waals surface area contributed by atoms with Crippen molar-refractivity contribution in [3.05, 3.63) is 64.5 Å². The number of alkyl halides is 3. The van der Waals surface area contributed by atoms with Crippen molar-refractivity contribution in [1.29, 1.82) is 0 Å². The van der Waals surface area contributed by atoms with E-state index in [0.29, 0.717) is 36.6 Å². The standard InChI is InChI=1S/C16H11F6NO4S/c1-28(25,26)23-15(24)10-6-12(18)8(4-13(10)19)7-27-14-5-9(16(20,21)22)2-3-11(14)17/h2-6H,7H2,1H3,(H,23,24). The second kappa shape index (κ2) is 7.70. The third-order valence-corrected chi connectivity index (χ3v) is 3.86. The third-order valence-electron chi connectivity index (χ3n) is 3.30. The molecule has 0 bridgehead atoms. The number of ether oxygens (including phenoxy) is 1. The molecule has 0 fully saturated rings. The Balaban J connectivity index is 2.25. The molecular weight excluding hydrogens is 416 g/mol. The lowest BCUT2D eigenvalue weighted by atomic mass is 10.1. The second-order valence-corrected chi connectivity index (χ2v) is 7.31. The maximum atomic E-state index is 14.0. The minimum atomic E-state index is -4.77. The molecule has 0 spiro atoms. The van der Waals surface area contributed by atoms with Crippen molar-refractivity contribution >= 4 is 15.9 Å². The zero-order valence-electron chi connectivity index (χ0n) is 13.9. The summed E-state index contributed by atoms with van der Waals surface area (Å²) in [5.41, 5.74) is -2.66. The number of carbonyl (C=O) groups is 1. The van der Waals surface area contributed by atoms with Gasteiger partial charge in [0.1, 0.15) is 18.2 Å². The van der Waals surface area contributed by atoms with Crippen molar-refractivity contribution in [2.75, 3.05) is 6.26 Å². The largest absolute Gasteiger partial charge is 0.486 e. The Morgan fingerprint density at radius 1 is 1.04 bits per heavy atom. The van der Waals surface area contributed by atoms with Gasteiger partial charge in [-0.3, -0.25) is 4.79 Å². The maximum Gasteiger partial charge on any atom is 0.416 e. The molecule has 0 unspecified atom stereocenters. The summed E-state index contributed by atoms with van der Waals surface area (Å²) in [6, 6.07) is 2.22. The molecular formula is C16H11F6NO4S. The van der Waals surface area contributed by atoms with Crippen LogP contribution in [0.4, 0.5) is 26.3 Å². The van der Waals surface area contributed by atoms with Crippen LogP contribution in [0, 0.1) is 17.5 Å². The molecule has 2 aromatic rings. The molecule has 0 aromatic heterocycles. The van der Waals surface area contributed by atoms with Gasteiger partial charge in [0.25, 0.3) is 5.91 Å². The van der Waals surface area contributed by atoms with E-state index in [9.17, 15) is 39.6 Å². The molecule has 152 valence electrons. The van der Waals surface area contributed by atoms with Gasteiger partial charge in [-0.15, -0.1) is 0 Å². The van der Waals surface area contributed by atoms with Crippen LogP contribution in [0.15, 0.2) is 30.3 Å². The molecule has 12 heteroatoms. The fraction of sp³-hybridized carbons (Fsp3) is 0.188. The van der Waals surface area contributed by atoms with Crippen molar-refractivity contribution < 1.29 is 44.3 Å². The predicted molar refractivity (Wildman–Crippen MR) is 84.4 cm³/mol. The number of benzene rings is 2. The van der Waals surface area contributed by atoms with E-state index in [1.54, 1.807) is 0 Å². The van der Waals surface area contributed by atoms with Crippen molar-refractivity contribution in [2.24, 2.45) is 0 Å². The van der Waals surface area contributed by atoms with Crippen molar-refractivity contribution in [2.45, 2.75) is 12.8 Å². The Kier molecular flexibility index (Phi) is 5.92. The van der Waals surface area contributed by atoms with Crippen LogP contribution in [0.1, 0.15) is 21.5 Å². The highest BCUT2D eigenvalue weighted by atomic mass is 32.2. The first kappa shape index (κ1) is 21.5. The van der Waals surface area contributed by atoms with Crippen LogP contribution in [0.3, 0.4) is 0 Å². The van der Waals surface area contributed by atoms with Crippen LogP contribution in [0.2, 0.25) is 0 Å². The Morgan fingerprint density at radius 3 is 2.25 bits per heavy atom. The molecule has 0 heterocycles. The zero-order valence-corrected chi connectivity index (χ0v) is 14.7. The monoisotopic (exact) mass is 427 g/mol. The van der Waals surface area contributed by atoms with Gasteiger partial charge < -0.3 is 4.74 Å². The maximum absolute atomic E-state index is 14.0. The van der Waals surface area contributed by atoms with Crippen LogP contribution >= 0.6 is 0 Å². The highest BCUT2D eigenvalue weighted by Gasteiger charge is 2.31. The van der Waals surface area contributed by atoms with Gasteiger partial charge in [-0.1, -0.05) is 0 Å². The molecule has 5 nitrogen and oxygen atoms in total. The van der Waals surface area contributed by atoms with Crippen LogP contribution in [-0.2, 0) is 22.8 Å². The summed E-state index contributed by atoms with van der Waals surface area (Å²) in [5.74, 6) is -5.94. The molecule has 1 N–H and O–H groups in total. The van der Waals surface area contributed by atoms with Crippen LogP contribution < -0.4 is 9.46 Å². The first-order chi connectivity index (χ1) is 12.8. The van der Waals surface area contributed by atoms with Crippen LogP contribution in [0.5, 0.6) is 5.75 Å². The fourth-order valence-corrected chi connectivity index (χ4v) is 2.49. The van der Waals surface area contributed by atoms with Crippen LogP contribution in [-0.4, -0.2) is 20.6 Å². The number of halogens is 6. The number of sulfonamides is 1. The van der Waals surface area contributed by atoms with Gasteiger partial charge in [-0.25, -0.2) is 26.3 Å². The van der Waals surface area contributed by atoms with Gasteiger partial charge in [0.2, 0.25) is 10.0 Å². The number of hydrogen-bond acceptors (Lipinski definition) is 4. The molecule has 28 heavy (non-hydrogen) atoms. The highest BCUT2D eigenvalue weighted by molar-refractivity contribution is 7.89. The van der Waals surface area contributed by atoms with Gasteiger partial charge in [0.15, 0.2) is 11.6 Å². The topological polar surface area (TPSA) is 72.5 Å². The van der Waals surface area contributed by atoms with Gasteiger partial charge in [-0.2, -0.15) is 13.2 Å². The molecule has 1 amide bonds. The van der Waals surface area contributed by atoms with E-state index in [2.05, 4.69) is 0 Å². The molecule has 0 atom stereocenters. The van der Waals surface area contributed by atoms with Gasteiger partial charge in [0.05, 0.1) is 17.4 Å². The first-order valence-corrected chi connectivity index (χ1v) is 9.16. The van der Waals surface area contributed by atoms with Gasteiger partial charge in [-0.05, 0) is 30.3 Å². The summed E-state index contributed by atoms with van der Waals surface area (Å²) in [4.78, 5) is 11.6. The minimum Gasteiger partial charge on any atom is -0.486 e. The summed E-state index contributed by atoms with van der Waals surface area (Å²) in [5, 5.41) is 0. The molecule has 0 saturated heterocycles. The van der Waals surface area contributed by atoms with Crippen molar-refractivity contribution in [3.63, 3.8) is 0 Å². The van der Waals surface area contributed by atoms with Crippen molar-refractivity contribution in [1.82, 2.24) is 4.72 Å². The Labute approximate surface area is 155 Å². The SMILES string of the molecule is CS(=O)(=O)NC(=O)c1cc(F)c(COc2cc(C(F)(F)F)ccc2F)cc1F. The van der Waals surface area contributed by atoms with E-state index in [4.69, 9.17) is 4.74 Å². The third kappa shape index (κ3) is 5.38. The summed E-state index contributed by atoms with van der Waals surface area (Å²) in [7, 11) is -4.03. The summed E-state index contributed by atoms with van der Waals surface area (Å²) in [6.07, 6.45) is -4.14. The normalized spacial score (nSPS) is 12.0. The average Bonchev–Trinajstić information content (AvgIpc) is 2.53. The lowest BCUT2D eigenvalue weighted by Crippen LogP contribution is -2.30. The van der Waals surface area contributed by atoms with E-state index < -0.39 is 68.6 Å². The second-order valence-electron chi connectivity index (χ2n) is 5.56. The molecule has 2 rings (SSSR count). The molecule has 0 aliphatic carbocycles. The quantitative estimate of drug-likeness (QED) is 0.743. The Bertz CT molecular complexity index is 1020. The lowest BCUT2D eigenvalue weighted by Gasteiger charge is -2.12. The van der Waals surface area contributed by atoms with Crippen molar-refractivity contribution in [3.8, 4) is 5.75 Å². The fourth-order valence-electron chi connectivity index (χ4n) is 2.04. The summed E-state index contributed by atoms with van der Waals surface area (Å²) in [6.45, 7) is -0.852. The number of amides is 1. The first-order valence-electron chi connectivity index (χ1n) is 7.27. The molecule has 2 aromatic carbocycles. The average molecular weight is 427 g/mol. The van der Waals surface area contributed by atoms with E-state index in [-0.39, 0.29) is 0 Å². The van der Waals surface area contributed by atoms with Crippen LogP contribution in [0.25, 0.3) is 0 Å². The highest BCUT2D eigenvalue weighted by Crippen LogP contribution is 2.33. The van der Waals surface area contributed by atoms with E-state index in [1.807, 2.05) is 0 Å². The summed E-state index contributed by atoms with van der Waals surface area (Å²) >= 11 is 0. The summed E-state index contributed by atoms with van der Waals surface area (Å²) < 4.78 is 108. The Morgan fingerprint density at radius 2 is 1.68 bits per heavy atom. The predicted octanol–water partition coefficient (Wildman–Crippen LogP) is 3.39. The smallest absolute Gasteiger partial charge is 0.416 e. The number of hydrogen-bond donors (Lipinski definition) is 1. The minimum absolute atomic E-state index is 0.359. The van der Waals surface area contributed by atoms with E-state index in [1.165, 1.54) is 4.72 Å². The molecule has 0 radical (unpaired) electrons. The number of nitrogens with one attached hydrogen (secondary N) is 1. The Hall–Kier alpha value is -2.76. The molecule has 0 aliphatic heterocycles. The lowest BCUT2D eigenvalue weighted by molar-refractivity contribution is -0.137.